The minimum absolute atomic E-state index is 0.0883. The van der Waals surface area contributed by atoms with Gasteiger partial charge in [0.25, 0.3) is 0 Å². The summed E-state index contributed by atoms with van der Waals surface area (Å²) in [5.41, 5.74) is 5.75. The lowest BCUT2D eigenvalue weighted by atomic mass is 10.0. The van der Waals surface area contributed by atoms with Crippen molar-refractivity contribution >= 4 is 12.2 Å². The summed E-state index contributed by atoms with van der Waals surface area (Å²) in [4.78, 5) is 24.1. The van der Waals surface area contributed by atoms with Crippen molar-refractivity contribution < 1.29 is 9.59 Å². The molecule has 0 radical (unpaired) electrons. The van der Waals surface area contributed by atoms with Crippen LogP contribution in [0.2, 0.25) is 0 Å². The fraction of sp³-hybridized carbons (Fsp3) is 0.800. The first kappa shape index (κ1) is 11.2. The van der Waals surface area contributed by atoms with Crippen LogP contribution in [0.5, 0.6) is 0 Å². The van der Waals surface area contributed by atoms with Crippen LogP contribution in [-0.4, -0.2) is 35.7 Å². The van der Waals surface area contributed by atoms with Gasteiger partial charge >= 0.3 is 0 Å². The number of likely N-dealkylation sites (tertiary alicyclic amines) is 1. The molecule has 1 fully saturated rings. The number of nitrogens with two attached hydrogens (primary N) is 1. The Kier molecular flexibility index (Phi) is 3.63. The summed E-state index contributed by atoms with van der Waals surface area (Å²) in [6.45, 7) is 4.49. The molecule has 0 aromatic heterocycles. The van der Waals surface area contributed by atoms with E-state index in [0.29, 0.717) is 6.54 Å². The highest BCUT2D eigenvalue weighted by molar-refractivity contribution is 5.85. The molecule has 4 nitrogen and oxygen atoms in total. The first-order valence-corrected chi connectivity index (χ1v) is 5.09. The van der Waals surface area contributed by atoms with Crippen molar-refractivity contribution in [2.24, 2.45) is 11.7 Å². The summed E-state index contributed by atoms with van der Waals surface area (Å²) < 4.78 is 0. The van der Waals surface area contributed by atoms with Crippen LogP contribution in [0.3, 0.4) is 0 Å². The number of amides is 1. The number of carbonyl (C=O) groups is 2. The third-order valence-electron chi connectivity index (χ3n) is 2.74. The van der Waals surface area contributed by atoms with Crippen LogP contribution in [0.15, 0.2) is 0 Å². The second kappa shape index (κ2) is 4.55. The van der Waals surface area contributed by atoms with E-state index in [-0.39, 0.29) is 17.9 Å². The quantitative estimate of drug-likeness (QED) is 0.657. The number of hydrogen-bond donors (Lipinski definition) is 1. The van der Waals surface area contributed by atoms with Crippen LogP contribution in [-0.2, 0) is 9.59 Å². The van der Waals surface area contributed by atoms with E-state index in [9.17, 15) is 9.59 Å². The van der Waals surface area contributed by atoms with Gasteiger partial charge in [-0.05, 0) is 18.8 Å². The van der Waals surface area contributed by atoms with Gasteiger partial charge < -0.3 is 15.4 Å². The molecule has 0 spiro atoms. The Balaban J connectivity index is 2.64. The van der Waals surface area contributed by atoms with E-state index in [1.165, 1.54) is 0 Å². The van der Waals surface area contributed by atoms with Crippen molar-refractivity contribution in [3.63, 3.8) is 0 Å². The number of nitrogens with zero attached hydrogens (tertiary/aromatic N) is 1. The molecule has 0 aromatic carbocycles. The minimum Gasteiger partial charge on any atom is -0.332 e. The van der Waals surface area contributed by atoms with Crippen LogP contribution in [0.1, 0.15) is 26.7 Å². The molecular formula is C10H18N2O2. The van der Waals surface area contributed by atoms with Crippen LogP contribution in [0.25, 0.3) is 0 Å². The van der Waals surface area contributed by atoms with E-state index < -0.39 is 6.04 Å². The normalized spacial score (nSPS) is 24.0. The van der Waals surface area contributed by atoms with Gasteiger partial charge in [-0.2, -0.15) is 0 Å². The standard InChI is InChI=1S/C10H18N2O2/c1-7(2)9(11)10(14)12-5-3-4-8(12)6-13/h6-9H,3-5,11H2,1-2H3/t8-,9?/m0/s1. The third-order valence-corrected chi connectivity index (χ3v) is 2.74. The summed E-state index contributed by atoms with van der Waals surface area (Å²) in [5.74, 6) is 0.0324. The van der Waals surface area contributed by atoms with Gasteiger partial charge in [0.2, 0.25) is 5.91 Å². The lowest BCUT2D eigenvalue weighted by Gasteiger charge is -2.25. The molecule has 1 heterocycles. The maximum atomic E-state index is 11.8. The molecular weight excluding hydrogens is 180 g/mol. The smallest absolute Gasteiger partial charge is 0.240 e. The largest absolute Gasteiger partial charge is 0.332 e. The van der Waals surface area contributed by atoms with Crippen LogP contribution >= 0.6 is 0 Å². The molecule has 14 heavy (non-hydrogen) atoms. The first-order valence-electron chi connectivity index (χ1n) is 5.09. The number of rotatable bonds is 3. The Hall–Kier alpha value is -0.900. The molecule has 1 unspecified atom stereocenters. The molecule has 0 bridgehead atoms. The lowest BCUT2D eigenvalue weighted by Crippen LogP contribution is -2.48. The van der Waals surface area contributed by atoms with Crippen molar-refractivity contribution in [1.82, 2.24) is 4.90 Å². The average Bonchev–Trinajstić information content (AvgIpc) is 2.62. The van der Waals surface area contributed by atoms with Crippen molar-refractivity contribution in [2.75, 3.05) is 6.54 Å². The molecule has 0 aromatic rings. The van der Waals surface area contributed by atoms with Crippen molar-refractivity contribution in [2.45, 2.75) is 38.8 Å². The van der Waals surface area contributed by atoms with Gasteiger partial charge in [0.15, 0.2) is 0 Å². The van der Waals surface area contributed by atoms with Gasteiger partial charge in [-0.1, -0.05) is 13.8 Å². The third kappa shape index (κ3) is 2.12. The predicted molar refractivity (Wildman–Crippen MR) is 53.6 cm³/mol. The number of hydrogen-bond acceptors (Lipinski definition) is 3. The maximum Gasteiger partial charge on any atom is 0.240 e. The van der Waals surface area contributed by atoms with E-state index in [2.05, 4.69) is 0 Å². The number of aldehydes is 1. The lowest BCUT2D eigenvalue weighted by molar-refractivity contribution is -0.136. The summed E-state index contributed by atoms with van der Waals surface area (Å²) in [6.07, 6.45) is 2.53. The summed E-state index contributed by atoms with van der Waals surface area (Å²) in [7, 11) is 0. The summed E-state index contributed by atoms with van der Waals surface area (Å²) in [5, 5.41) is 0. The summed E-state index contributed by atoms with van der Waals surface area (Å²) >= 11 is 0. The van der Waals surface area contributed by atoms with E-state index >= 15 is 0 Å². The Labute approximate surface area is 84.4 Å². The zero-order chi connectivity index (χ0) is 10.7. The second-order valence-corrected chi connectivity index (χ2v) is 4.15. The minimum atomic E-state index is -0.476. The highest BCUT2D eigenvalue weighted by atomic mass is 16.2. The van der Waals surface area contributed by atoms with Crippen molar-refractivity contribution in [3.8, 4) is 0 Å². The Bertz CT molecular complexity index is 228. The van der Waals surface area contributed by atoms with E-state index in [1.54, 1.807) is 4.90 Å². The Morgan fingerprint density at radius 1 is 1.57 bits per heavy atom. The Morgan fingerprint density at radius 3 is 2.71 bits per heavy atom. The SMILES string of the molecule is CC(C)C(N)C(=O)N1CCC[C@H]1C=O. The van der Waals surface area contributed by atoms with Crippen molar-refractivity contribution in [1.29, 1.82) is 0 Å². The fourth-order valence-corrected chi connectivity index (χ4v) is 1.68. The average molecular weight is 198 g/mol. The van der Waals surface area contributed by atoms with Gasteiger partial charge in [-0.3, -0.25) is 4.79 Å². The van der Waals surface area contributed by atoms with Gasteiger partial charge in [0.05, 0.1) is 12.1 Å². The maximum absolute atomic E-state index is 11.8. The van der Waals surface area contributed by atoms with E-state index in [1.807, 2.05) is 13.8 Å². The molecule has 0 aliphatic carbocycles. The van der Waals surface area contributed by atoms with Crippen LogP contribution in [0, 0.1) is 5.92 Å². The highest BCUT2D eigenvalue weighted by Gasteiger charge is 2.32. The predicted octanol–water partition coefficient (Wildman–Crippen LogP) is 0.160. The Morgan fingerprint density at radius 2 is 2.21 bits per heavy atom. The van der Waals surface area contributed by atoms with Gasteiger partial charge in [0, 0.05) is 6.54 Å². The van der Waals surface area contributed by atoms with E-state index in [0.717, 1.165) is 19.1 Å². The van der Waals surface area contributed by atoms with Gasteiger partial charge in [-0.25, -0.2) is 0 Å². The van der Waals surface area contributed by atoms with Crippen LogP contribution in [0.4, 0.5) is 0 Å². The molecule has 4 heteroatoms. The molecule has 80 valence electrons. The monoisotopic (exact) mass is 198 g/mol. The molecule has 1 rings (SSSR count). The number of carbonyl (C=O) groups excluding carboxylic acids is 2. The van der Waals surface area contributed by atoms with Gasteiger partial charge in [-0.15, -0.1) is 0 Å². The molecule has 0 saturated carbocycles. The molecule has 2 N–H and O–H groups in total. The molecule has 2 atom stereocenters. The zero-order valence-corrected chi connectivity index (χ0v) is 8.77. The fourth-order valence-electron chi connectivity index (χ4n) is 1.68. The zero-order valence-electron chi connectivity index (χ0n) is 8.77. The van der Waals surface area contributed by atoms with Gasteiger partial charge in [0.1, 0.15) is 6.29 Å². The summed E-state index contributed by atoms with van der Waals surface area (Å²) in [6, 6.07) is -0.720. The van der Waals surface area contributed by atoms with Crippen molar-refractivity contribution in [3.05, 3.63) is 0 Å². The molecule has 1 saturated heterocycles. The van der Waals surface area contributed by atoms with Crippen LogP contribution < -0.4 is 5.73 Å². The van der Waals surface area contributed by atoms with E-state index in [4.69, 9.17) is 5.73 Å². The molecule has 1 aliphatic rings. The topological polar surface area (TPSA) is 63.4 Å². The highest BCUT2D eigenvalue weighted by Crippen LogP contribution is 2.17. The first-order chi connectivity index (χ1) is 6.57. The molecule has 1 amide bonds. The molecule has 1 aliphatic heterocycles. The second-order valence-electron chi connectivity index (χ2n) is 4.15.